The molecule has 1 aromatic heterocycles. The number of nitrogens with one attached hydrogen (secondary N) is 2. The molecule has 1 heterocycles. The molecule has 3 aromatic rings. The molecule has 8 nitrogen and oxygen atoms in total. The molecule has 0 aliphatic heterocycles. The zero-order chi connectivity index (χ0) is 22.6. The maximum Gasteiger partial charge on any atom is 0.256 e. The van der Waals surface area contributed by atoms with Crippen LogP contribution in [0.15, 0.2) is 53.4 Å². The van der Waals surface area contributed by atoms with Gasteiger partial charge >= 0.3 is 0 Å². The third-order valence-electron chi connectivity index (χ3n) is 4.70. The molecule has 2 N–H and O–H groups in total. The average Bonchev–Trinajstić information content (AvgIpc) is 3.22. The van der Waals surface area contributed by atoms with Crippen molar-refractivity contribution in [1.82, 2.24) is 14.5 Å². The Balaban J connectivity index is 1.88. The third kappa shape index (κ3) is 4.75. The van der Waals surface area contributed by atoms with Crippen molar-refractivity contribution in [2.75, 3.05) is 25.5 Å². The molecule has 2 aromatic carbocycles. The smallest absolute Gasteiger partial charge is 0.256 e. The molecule has 0 bridgehead atoms. The van der Waals surface area contributed by atoms with E-state index in [0.29, 0.717) is 11.3 Å². The fraction of sp³-hybridized carbons (Fsp3) is 0.238. The number of sulfonamides is 1. The zero-order valence-corrected chi connectivity index (χ0v) is 18.2. The summed E-state index contributed by atoms with van der Waals surface area (Å²) < 4.78 is 45.8. The van der Waals surface area contributed by atoms with Crippen molar-refractivity contribution >= 4 is 21.7 Å². The molecule has 0 aliphatic carbocycles. The van der Waals surface area contributed by atoms with Crippen LogP contribution < -0.4 is 10.1 Å². The first-order chi connectivity index (χ1) is 14.8. The number of hydrogen-bond acceptors (Lipinski definition) is 5. The number of anilines is 1. The molecular formula is C21H23FN4O4S. The summed E-state index contributed by atoms with van der Waals surface area (Å²) in [5.41, 5.74) is 1.22. The molecular weight excluding hydrogens is 423 g/mol. The summed E-state index contributed by atoms with van der Waals surface area (Å²) in [7, 11) is -2.47. The van der Waals surface area contributed by atoms with Crippen molar-refractivity contribution in [1.29, 1.82) is 0 Å². The van der Waals surface area contributed by atoms with Crippen LogP contribution in [0.1, 0.15) is 24.2 Å². The number of halogens is 1. The van der Waals surface area contributed by atoms with Gasteiger partial charge in [0.1, 0.15) is 16.5 Å². The van der Waals surface area contributed by atoms with Crippen molar-refractivity contribution in [2.24, 2.45) is 0 Å². The number of carbonyl (C=O) groups excluding carboxylic acids is 1. The van der Waals surface area contributed by atoms with Crippen LogP contribution >= 0.6 is 0 Å². The first kappa shape index (κ1) is 22.4. The van der Waals surface area contributed by atoms with Crippen molar-refractivity contribution < 1.29 is 22.3 Å². The van der Waals surface area contributed by atoms with Crippen LogP contribution in [0.2, 0.25) is 0 Å². The zero-order valence-electron chi connectivity index (χ0n) is 17.3. The molecule has 1 amide bonds. The average molecular weight is 447 g/mol. The summed E-state index contributed by atoms with van der Waals surface area (Å²) in [6, 6.07) is 11.7. The van der Waals surface area contributed by atoms with Crippen LogP contribution in [0.5, 0.6) is 5.75 Å². The molecule has 0 atom stereocenters. The standard InChI is InChI=1S/C21H23FN4O4S/c1-4-26(5-2)31(28,29)19-12-15(9-10-18(19)30-3)21(27)23-20-13-17(24-25-20)14-7-6-8-16(22)11-14/h6-13H,4-5H2,1-3H3,(H2,23,24,25,27). The largest absolute Gasteiger partial charge is 0.495 e. The van der Waals surface area contributed by atoms with Crippen molar-refractivity contribution in [3.05, 3.63) is 59.9 Å². The quantitative estimate of drug-likeness (QED) is 0.551. The number of rotatable bonds is 8. The Morgan fingerprint density at radius 1 is 1.16 bits per heavy atom. The lowest BCUT2D eigenvalue weighted by atomic mass is 10.1. The third-order valence-corrected chi connectivity index (χ3v) is 6.78. The predicted octanol–water partition coefficient (Wildman–Crippen LogP) is 3.51. The molecule has 0 radical (unpaired) electrons. The molecule has 0 saturated carbocycles. The number of hydrogen-bond donors (Lipinski definition) is 2. The minimum Gasteiger partial charge on any atom is -0.495 e. The summed E-state index contributed by atoms with van der Waals surface area (Å²) in [4.78, 5) is 12.6. The summed E-state index contributed by atoms with van der Waals surface area (Å²) in [5.74, 6) is -0.571. The van der Waals surface area contributed by atoms with Crippen LogP contribution in [-0.4, -0.2) is 49.0 Å². The highest BCUT2D eigenvalue weighted by atomic mass is 32.2. The SMILES string of the molecule is CCN(CC)S(=O)(=O)c1cc(C(=O)Nc2cc(-c3cccc(F)c3)[nH]n2)ccc1OC. The van der Waals surface area contributed by atoms with Gasteiger partial charge in [-0.3, -0.25) is 9.89 Å². The van der Waals surface area contributed by atoms with Crippen LogP contribution in [0.3, 0.4) is 0 Å². The van der Waals surface area contributed by atoms with E-state index in [4.69, 9.17) is 4.74 Å². The number of aromatic amines is 1. The normalized spacial score (nSPS) is 11.5. The van der Waals surface area contributed by atoms with Gasteiger partial charge in [-0.1, -0.05) is 26.0 Å². The summed E-state index contributed by atoms with van der Waals surface area (Å²) in [5, 5.41) is 9.37. The molecule has 10 heteroatoms. The van der Waals surface area contributed by atoms with Crippen LogP contribution in [0.25, 0.3) is 11.3 Å². The first-order valence-electron chi connectivity index (χ1n) is 9.61. The van der Waals surface area contributed by atoms with Crippen LogP contribution in [-0.2, 0) is 10.0 Å². The van der Waals surface area contributed by atoms with E-state index in [-0.39, 0.29) is 35.1 Å². The van der Waals surface area contributed by atoms with Crippen molar-refractivity contribution in [2.45, 2.75) is 18.7 Å². The molecule has 164 valence electrons. The van der Waals surface area contributed by atoms with E-state index in [1.807, 2.05) is 0 Å². The second kappa shape index (κ2) is 9.27. The van der Waals surface area contributed by atoms with E-state index in [1.54, 1.807) is 32.0 Å². The number of amides is 1. The summed E-state index contributed by atoms with van der Waals surface area (Å²) in [6.45, 7) is 4.04. The molecule has 0 saturated heterocycles. The Hall–Kier alpha value is -3.24. The number of carbonyl (C=O) groups is 1. The van der Waals surface area contributed by atoms with Gasteiger partial charge in [0.25, 0.3) is 5.91 Å². The molecule has 0 spiro atoms. The van der Waals surface area contributed by atoms with E-state index in [2.05, 4.69) is 15.5 Å². The lowest BCUT2D eigenvalue weighted by molar-refractivity contribution is 0.102. The predicted molar refractivity (Wildman–Crippen MR) is 115 cm³/mol. The number of ether oxygens (including phenoxy) is 1. The van der Waals surface area contributed by atoms with Crippen LogP contribution in [0, 0.1) is 5.82 Å². The lowest BCUT2D eigenvalue weighted by Crippen LogP contribution is -2.31. The lowest BCUT2D eigenvalue weighted by Gasteiger charge is -2.20. The maximum atomic E-state index is 13.4. The van der Waals surface area contributed by atoms with Gasteiger partial charge in [0.05, 0.1) is 12.8 Å². The molecule has 31 heavy (non-hydrogen) atoms. The summed E-state index contributed by atoms with van der Waals surface area (Å²) in [6.07, 6.45) is 0. The minimum absolute atomic E-state index is 0.0890. The Kier molecular flexibility index (Phi) is 6.71. The Morgan fingerprint density at radius 2 is 1.90 bits per heavy atom. The molecule has 3 rings (SSSR count). The number of benzene rings is 2. The van der Waals surface area contributed by atoms with E-state index in [9.17, 15) is 17.6 Å². The maximum absolute atomic E-state index is 13.4. The second-order valence-electron chi connectivity index (χ2n) is 6.59. The van der Waals surface area contributed by atoms with Crippen molar-refractivity contribution in [3.8, 4) is 17.0 Å². The Labute approximate surface area is 180 Å². The van der Waals surface area contributed by atoms with Crippen molar-refractivity contribution in [3.63, 3.8) is 0 Å². The number of H-pyrrole nitrogens is 1. The van der Waals surface area contributed by atoms with E-state index >= 15 is 0 Å². The number of nitrogens with zero attached hydrogens (tertiary/aromatic N) is 2. The number of methoxy groups -OCH3 is 1. The Bertz CT molecular complexity index is 1190. The van der Waals surface area contributed by atoms with Gasteiger partial charge in [0.2, 0.25) is 10.0 Å². The molecule has 0 unspecified atom stereocenters. The highest BCUT2D eigenvalue weighted by Crippen LogP contribution is 2.28. The minimum atomic E-state index is -3.84. The molecule has 0 aliphatic rings. The van der Waals surface area contributed by atoms with E-state index in [1.165, 1.54) is 41.7 Å². The van der Waals surface area contributed by atoms with E-state index in [0.717, 1.165) is 0 Å². The fourth-order valence-corrected chi connectivity index (χ4v) is 4.74. The van der Waals surface area contributed by atoms with Gasteiger partial charge in [-0.15, -0.1) is 0 Å². The van der Waals surface area contributed by atoms with Gasteiger partial charge in [-0.2, -0.15) is 9.40 Å². The van der Waals surface area contributed by atoms with Gasteiger partial charge in [0.15, 0.2) is 5.82 Å². The molecule has 0 fully saturated rings. The highest BCUT2D eigenvalue weighted by Gasteiger charge is 2.27. The summed E-state index contributed by atoms with van der Waals surface area (Å²) >= 11 is 0. The van der Waals surface area contributed by atoms with Gasteiger partial charge in [0, 0.05) is 30.3 Å². The monoisotopic (exact) mass is 446 g/mol. The van der Waals surface area contributed by atoms with Gasteiger partial charge in [-0.25, -0.2) is 12.8 Å². The van der Waals surface area contributed by atoms with Gasteiger partial charge in [-0.05, 0) is 30.3 Å². The topological polar surface area (TPSA) is 104 Å². The van der Waals surface area contributed by atoms with Gasteiger partial charge < -0.3 is 10.1 Å². The Morgan fingerprint density at radius 3 is 2.55 bits per heavy atom. The second-order valence-corrected chi connectivity index (χ2v) is 8.49. The highest BCUT2D eigenvalue weighted by molar-refractivity contribution is 7.89. The van der Waals surface area contributed by atoms with Crippen LogP contribution in [0.4, 0.5) is 10.2 Å². The fourth-order valence-electron chi connectivity index (χ4n) is 3.10. The number of aromatic nitrogens is 2. The first-order valence-corrected chi connectivity index (χ1v) is 11.0. The van der Waals surface area contributed by atoms with E-state index < -0.39 is 21.7 Å².